The smallest absolute Gasteiger partial charge is 0.193 e. The van der Waals surface area contributed by atoms with E-state index in [-0.39, 0.29) is 0 Å². The van der Waals surface area contributed by atoms with Gasteiger partial charge in [-0.1, -0.05) is 13.0 Å². The summed E-state index contributed by atoms with van der Waals surface area (Å²) in [4.78, 5) is 4.50. The first-order valence-corrected chi connectivity index (χ1v) is 6.23. The largest absolute Gasteiger partial charge is 0.370 e. The SMILES string of the molecule is Cc1cc(C)cc(NC(N)=NC2CCC2C)c1. The molecule has 2 atom stereocenters. The average Bonchev–Trinajstić information content (AvgIpc) is 2.22. The van der Waals surface area contributed by atoms with E-state index >= 15 is 0 Å². The molecule has 0 bridgehead atoms. The lowest BCUT2D eigenvalue weighted by molar-refractivity contribution is 0.284. The Morgan fingerprint density at radius 1 is 1.24 bits per heavy atom. The Morgan fingerprint density at radius 3 is 2.35 bits per heavy atom. The van der Waals surface area contributed by atoms with Crippen molar-refractivity contribution in [3.8, 4) is 0 Å². The van der Waals surface area contributed by atoms with E-state index in [2.05, 4.69) is 49.3 Å². The number of nitrogens with one attached hydrogen (secondary N) is 1. The van der Waals surface area contributed by atoms with Gasteiger partial charge < -0.3 is 11.1 Å². The number of guanidine groups is 1. The lowest BCUT2D eigenvalue weighted by atomic mass is 9.82. The summed E-state index contributed by atoms with van der Waals surface area (Å²) in [7, 11) is 0. The van der Waals surface area contributed by atoms with Crippen molar-refractivity contribution in [2.45, 2.75) is 39.7 Å². The van der Waals surface area contributed by atoms with Crippen LogP contribution in [0.25, 0.3) is 0 Å². The van der Waals surface area contributed by atoms with Crippen LogP contribution in [0.2, 0.25) is 0 Å². The van der Waals surface area contributed by atoms with Crippen molar-refractivity contribution >= 4 is 11.6 Å². The minimum absolute atomic E-state index is 0.411. The van der Waals surface area contributed by atoms with Crippen molar-refractivity contribution in [1.82, 2.24) is 0 Å². The first kappa shape index (κ1) is 12.0. The van der Waals surface area contributed by atoms with Crippen LogP contribution in [-0.2, 0) is 0 Å². The molecule has 92 valence electrons. The molecule has 0 radical (unpaired) electrons. The molecule has 17 heavy (non-hydrogen) atoms. The molecule has 2 rings (SSSR count). The second-order valence-electron chi connectivity index (χ2n) is 5.14. The van der Waals surface area contributed by atoms with Crippen LogP contribution in [0.1, 0.15) is 30.9 Å². The van der Waals surface area contributed by atoms with Crippen LogP contribution in [0.15, 0.2) is 23.2 Å². The predicted molar refractivity (Wildman–Crippen MR) is 73.3 cm³/mol. The minimum Gasteiger partial charge on any atom is -0.370 e. The van der Waals surface area contributed by atoms with E-state index in [1.54, 1.807) is 0 Å². The summed E-state index contributed by atoms with van der Waals surface area (Å²) in [5, 5.41) is 3.17. The van der Waals surface area contributed by atoms with Gasteiger partial charge in [0, 0.05) is 5.69 Å². The molecule has 1 aliphatic rings. The van der Waals surface area contributed by atoms with E-state index in [0.717, 1.165) is 12.1 Å². The zero-order valence-corrected chi connectivity index (χ0v) is 10.8. The predicted octanol–water partition coefficient (Wildman–Crippen LogP) is 2.83. The fraction of sp³-hybridized carbons (Fsp3) is 0.500. The number of benzene rings is 1. The van der Waals surface area contributed by atoms with Crippen LogP contribution in [-0.4, -0.2) is 12.0 Å². The van der Waals surface area contributed by atoms with Gasteiger partial charge in [-0.3, -0.25) is 0 Å². The molecule has 1 aliphatic carbocycles. The molecule has 1 aromatic carbocycles. The highest BCUT2D eigenvalue weighted by Crippen LogP contribution is 2.29. The molecule has 0 spiro atoms. The van der Waals surface area contributed by atoms with Gasteiger partial charge in [0.15, 0.2) is 5.96 Å². The van der Waals surface area contributed by atoms with Gasteiger partial charge in [0.25, 0.3) is 0 Å². The van der Waals surface area contributed by atoms with Crippen molar-refractivity contribution in [3.05, 3.63) is 29.3 Å². The standard InChI is InChI=1S/C14H21N3/c1-9-6-10(2)8-12(7-9)16-14(15)17-13-5-4-11(13)3/h6-8,11,13H,4-5H2,1-3H3,(H3,15,16,17). The van der Waals surface area contributed by atoms with Crippen molar-refractivity contribution in [3.63, 3.8) is 0 Å². The maximum Gasteiger partial charge on any atom is 0.193 e. The lowest BCUT2D eigenvalue weighted by Crippen LogP contribution is -2.32. The van der Waals surface area contributed by atoms with E-state index in [0.29, 0.717) is 17.9 Å². The van der Waals surface area contributed by atoms with E-state index in [4.69, 9.17) is 5.73 Å². The molecule has 3 nitrogen and oxygen atoms in total. The van der Waals surface area contributed by atoms with E-state index in [1.807, 2.05) is 0 Å². The van der Waals surface area contributed by atoms with Crippen LogP contribution < -0.4 is 11.1 Å². The number of anilines is 1. The number of hydrogen-bond acceptors (Lipinski definition) is 1. The van der Waals surface area contributed by atoms with Gasteiger partial charge in [-0.05, 0) is 55.9 Å². The van der Waals surface area contributed by atoms with Crippen molar-refractivity contribution in [2.24, 2.45) is 16.6 Å². The Labute approximate surface area is 103 Å². The summed E-state index contributed by atoms with van der Waals surface area (Å²) >= 11 is 0. The molecule has 1 saturated carbocycles. The molecule has 1 fully saturated rings. The van der Waals surface area contributed by atoms with Crippen LogP contribution >= 0.6 is 0 Å². The molecule has 0 amide bonds. The van der Waals surface area contributed by atoms with Crippen molar-refractivity contribution in [2.75, 3.05) is 5.32 Å². The fourth-order valence-corrected chi connectivity index (χ4v) is 2.25. The Bertz CT molecular complexity index is 417. The summed E-state index contributed by atoms with van der Waals surface area (Å²) in [6.45, 7) is 6.39. The molecule has 3 N–H and O–H groups in total. The third-order valence-corrected chi connectivity index (χ3v) is 3.37. The van der Waals surface area contributed by atoms with Crippen molar-refractivity contribution in [1.29, 1.82) is 0 Å². The number of aryl methyl sites for hydroxylation is 2. The summed E-state index contributed by atoms with van der Waals surface area (Å²) < 4.78 is 0. The first-order valence-electron chi connectivity index (χ1n) is 6.23. The molecule has 0 heterocycles. The third-order valence-electron chi connectivity index (χ3n) is 3.37. The van der Waals surface area contributed by atoms with Gasteiger partial charge in [-0.15, -0.1) is 0 Å². The zero-order valence-electron chi connectivity index (χ0n) is 10.8. The van der Waals surface area contributed by atoms with Crippen LogP contribution in [0.4, 0.5) is 5.69 Å². The summed E-state index contributed by atoms with van der Waals surface area (Å²) in [6, 6.07) is 6.72. The Balaban J connectivity index is 2.04. The minimum atomic E-state index is 0.411. The Morgan fingerprint density at radius 2 is 1.88 bits per heavy atom. The second kappa shape index (κ2) is 4.78. The monoisotopic (exact) mass is 231 g/mol. The lowest BCUT2D eigenvalue weighted by Gasteiger charge is -2.30. The Kier molecular flexibility index (Phi) is 3.36. The van der Waals surface area contributed by atoms with Crippen LogP contribution in [0.5, 0.6) is 0 Å². The molecule has 0 saturated heterocycles. The third kappa shape index (κ3) is 2.99. The van der Waals surface area contributed by atoms with Crippen molar-refractivity contribution < 1.29 is 0 Å². The zero-order chi connectivity index (χ0) is 12.4. The first-order chi connectivity index (χ1) is 8.04. The summed E-state index contributed by atoms with van der Waals surface area (Å²) in [5.41, 5.74) is 9.41. The fourth-order valence-electron chi connectivity index (χ4n) is 2.25. The second-order valence-corrected chi connectivity index (χ2v) is 5.14. The number of hydrogen-bond donors (Lipinski definition) is 2. The molecular formula is C14H21N3. The summed E-state index contributed by atoms with van der Waals surface area (Å²) in [5.74, 6) is 1.21. The van der Waals surface area contributed by atoms with E-state index < -0.39 is 0 Å². The van der Waals surface area contributed by atoms with Crippen LogP contribution in [0.3, 0.4) is 0 Å². The Hall–Kier alpha value is -1.51. The highest BCUT2D eigenvalue weighted by molar-refractivity contribution is 5.92. The van der Waals surface area contributed by atoms with Crippen LogP contribution in [0, 0.1) is 19.8 Å². The van der Waals surface area contributed by atoms with E-state index in [1.165, 1.54) is 17.5 Å². The number of nitrogens with zero attached hydrogens (tertiary/aromatic N) is 1. The highest BCUT2D eigenvalue weighted by Gasteiger charge is 2.26. The highest BCUT2D eigenvalue weighted by atomic mass is 15.1. The normalized spacial score (nSPS) is 24.3. The molecule has 2 unspecified atom stereocenters. The van der Waals surface area contributed by atoms with Gasteiger partial charge in [-0.2, -0.15) is 0 Å². The van der Waals surface area contributed by atoms with Gasteiger partial charge in [0.05, 0.1) is 6.04 Å². The quantitative estimate of drug-likeness (QED) is 0.607. The number of aliphatic imine (C=N–C) groups is 1. The van der Waals surface area contributed by atoms with Gasteiger partial charge in [0.1, 0.15) is 0 Å². The molecule has 0 aliphatic heterocycles. The molecule has 0 aromatic heterocycles. The summed E-state index contributed by atoms with van der Waals surface area (Å²) in [6.07, 6.45) is 2.43. The maximum atomic E-state index is 5.92. The molecular weight excluding hydrogens is 210 g/mol. The molecule has 3 heteroatoms. The van der Waals surface area contributed by atoms with Gasteiger partial charge in [-0.25, -0.2) is 4.99 Å². The number of nitrogens with two attached hydrogens (primary N) is 1. The van der Waals surface area contributed by atoms with Gasteiger partial charge in [0.2, 0.25) is 0 Å². The average molecular weight is 231 g/mol. The maximum absolute atomic E-state index is 5.92. The molecule has 1 aromatic rings. The van der Waals surface area contributed by atoms with E-state index in [9.17, 15) is 0 Å². The topological polar surface area (TPSA) is 50.4 Å². The van der Waals surface area contributed by atoms with Gasteiger partial charge >= 0.3 is 0 Å². The number of rotatable bonds is 2.